The second kappa shape index (κ2) is 6.69. The quantitative estimate of drug-likeness (QED) is 0.794. The molecule has 2 saturated heterocycles. The molecule has 0 amide bonds. The van der Waals surface area contributed by atoms with Gasteiger partial charge in [0.2, 0.25) is 0 Å². The average molecular weight is 242 g/mol. The molecule has 0 bridgehead atoms. The van der Waals surface area contributed by atoms with Gasteiger partial charge in [-0.3, -0.25) is 4.90 Å². The van der Waals surface area contributed by atoms with Gasteiger partial charge in [0.1, 0.15) is 0 Å². The molecule has 2 aliphatic heterocycles. The van der Waals surface area contributed by atoms with Gasteiger partial charge in [-0.1, -0.05) is 6.92 Å². The summed E-state index contributed by atoms with van der Waals surface area (Å²) >= 11 is 0. The van der Waals surface area contributed by atoms with E-state index in [2.05, 4.69) is 11.8 Å². The van der Waals surface area contributed by atoms with Gasteiger partial charge in [0, 0.05) is 32.3 Å². The van der Waals surface area contributed by atoms with E-state index in [1.165, 1.54) is 12.8 Å². The van der Waals surface area contributed by atoms with Crippen molar-refractivity contribution >= 4 is 0 Å². The van der Waals surface area contributed by atoms with Crippen LogP contribution in [0.1, 0.15) is 26.2 Å². The Balaban J connectivity index is 1.91. The van der Waals surface area contributed by atoms with E-state index in [9.17, 15) is 0 Å². The molecule has 4 heteroatoms. The van der Waals surface area contributed by atoms with Gasteiger partial charge in [0.05, 0.1) is 19.3 Å². The highest BCUT2D eigenvalue weighted by atomic mass is 16.5. The Morgan fingerprint density at radius 3 is 2.94 bits per heavy atom. The minimum atomic E-state index is 0.391. The van der Waals surface area contributed by atoms with Crippen molar-refractivity contribution in [1.29, 1.82) is 0 Å². The van der Waals surface area contributed by atoms with E-state index in [0.29, 0.717) is 18.1 Å². The Hall–Kier alpha value is -0.160. The SMILES string of the molecule is CCC1CN(C(CN)C2CCCOC2)CCO1. The van der Waals surface area contributed by atoms with E-state index in [1.54, 1.807) is 0 Å². The predicted molar refractivity (Wildman–Crippen MR) is 68.0 cm³/mol. The summed E-state index contributed by atoms with van der Waals surface area (Å²) in [7, 11) is 0. The van der Waals surface area contributed by atoms with Gasteiger partial charge < -0.3 is 15.2 Å². The van der Waals surface area contributed by atoms with Crippen molar-refractivity contribution in [2.24, 2.45) is 11.7 Å². The topological polar surface area (TPSA) is 47.7 Å². The molecule has 0 aromatic heterocycles. The summed E-state index contributed by atoms with van der Waals surface area (Å²) in [6.07, 6.45) is 3.93. The van der Waals surface area contributed by atoms with Crippen molar-refractivity contribution < 1.29 is 9.47 Å². The van der Waals surface area contributed by atoms with Crippen LogP contribution in [0.15, 0.2) is 0 Å². The Bertz CT molecular complexity index is 219. The molecule has 2 aliphatic rings. The van der Waals surface area contributed by atoms with E-state index in [0.717, 1.165) is 45.9 Å². The van der Waals surface area contributed by atoms with E-state index < -0.39 is 0 Å². The molecule has 3 unspecified atom stereocenters. The first kappa shape index (κ1) is 13.3. The number of hydrogen-bond acceptors (Lipinski definition) is 4. The number of rotatable bonds is 4. The second-order valence-electron chi connectivity index (χ2n) is 5.18. The number of hydrogen-bond donors (Lipinski definition) is 1. The van der Waals surface area contributed by atoms with Gasteiger partial charge in [-0.15, -0.1) is 0 Å². The number of nitrogens with zero attached hydrogens (tertiary/aromatic N) is 1. The Kier molecular flexibility index (Phi) is 5.22. The van der Waals surface area contributed by atoms with Crippen LogP contribution in [-0.4, -0.2) is 56.5 Å². The normalized spacial score (nSPS) is 33.5. The summed E-state index contributed by atoms with van der Waals surface area (Å²) in [6.45, 7) is 7.65. The maximum Gasteiger partial charge on any atom is 0.0700 e. The summed E-state index contributed by atoms with van der Waals surface area (Å²) in [5.74, 6) is 0.615. The Morgan fingerprint density at radius 2 is 2.29 bits per heavy atom. The highest BCUT2D eigenvalue weighted by Gasteiger charge is 2.31. The fraction of sp³-hybridized carbons (Fsp3) is 1.00. The fourth-order valence-electron chi connectivity index (χ4n) is 3.00. The van der Waals surface area contributed by atoms with Crippen LogP contribution in [0.25, 0.3) is 0 Å². The summed E-state index contributed by atoms with van der Waals surface area (Å²) in [6, 6.07) is 0.480. The first-order chi connectivity index (χ1) is 8.35. The smallest absolute Gasteiger partial charge is 0.0700 e. The van der Waals surface area contributed by atoms with Crippen molar-refractivity contribution in [3.05, 3.63) is 0 Å². The zero-order valence-corrected chi connectivity index (χ0v) is 10.9. The van der Waals surface area contributed by atoms with Crippen LogP contribution < -0.4 is 5.73 Å². The molecule has 17 heavy (non-hydrogen) atoms. The summed E-state index contributed by atoms with van der Waals surface area (Å²) in [5.41, 5.74) is 5.98. The average Bonchev–Trinajstić information content (AvgIpc) is 2.41. The third-order valence-corrected chi connectivity index (χ3v) is 4.08. The van der Waals surface area contributed by atoms with Crippen LogP contribution in [0.3, 0.4) is 0 Å². The maximum atomic E-state index is 5.98. The third kappa shape index (κ3) is 3.41. The molecular weight excluding hydrogens is 216 g/mol. The molecule has 100 valence electrons. The lowest BCUT2D eigenvalue weighted by molar-refractivity contribution is -0.0658. The first-order valence-corrected chi connectivity index (χ1v) is 6.98. The van der Waals surface area contributed by atoms with Gasteiger partial charge in [-0.25, -0.2) is 0 Å². The van der Waals surface area contributed by atoms with E-state index in [1.807, 2.05) is 0 Å². The predicted octanol–water partition coefficient (Wildman–Crippen LogP) is 0.851. The van der Waals surface area contributed by atoms with Crippen LogP contribution in [-0.2, 0) is 9.47 Å². The minimum Gasteiger partial charge on any atom is -0.381 e. The first-order valence-electron chi connectivity index (χ1n) is 6.98. The molecule has 2 heterocycles. The van der Waals surface area contributed by atoms with Gasteiger partial charge in [0.15, 0.2) is 0 Å². The monoisotopic (exact) mass is 242 g/mol. The molecule has 0 radical (unpaired) electrons. The van der Waals surface area contributed by atoms with Gasteiger partial charge >= 0.3 is 0 Å². The van der Waals surface area contributed by atoms with E-state index in [-0.39, 0.29) is 0 Å². The lowest BCUT2D eigenvalue weighted by Crippen LogP contribution is -2.54. The van der Waals surface area contributed by atoms with Crippen molar-refractivity contribution in [2.75, 3.05) is 39.5 Å². The molecule has 2 rings (SSSR count). The van der Waals surface area contributed by atoms with Crippen molar-refractivity contribution in [1.82, 2.24) is 4.90 Å². The standard InChI is InChI=1S/C13H26N2O2/c1-2-12-9-15(5-7-17-12)13(8-14)11-4-3-6-16-10-11/h11-13H,2-10,14H2,1H3. The van der Waals surface area contributed by atoms with Crippen LogP contribution in [0, 0.1) is 5.92 Å². The number of nitrogens with two attached hydrogens (primary N) is 1. The molecular formula is C13H26N2O2. The number of ether oxygens (including phenoxy) is 2. The minimum absolute atomic E-state index is 0.391. The fourth-order valence-corrected chi connectivity index (χ4v) is 3.00. The summed E-state index contributed by atoms with van der Waals surface area (Å²) < 4.78 is 11.3. The number of morpholine rings is 1. The molecule has 0 aromatic carbocycles. The lowest BCUT2D eigenvalue weighted by atomic mass is 9.92. The van der Waals surface area contributed by atoms with E-state index >= 15 is 0 Å². The van der Waals surface area contributed by atoms with Gasteiger partial charge in [-0.05, 0) is 25.2 Å². The Labute approximate surface area is 104 Å². The summed E-state index contributed by atoms with van der Waals surface area (Å²) in [4.78, 5) is 2.52. The summed E-state index contributed by atoms with van der Waals surface area (Å²) in [5, 5.41) is 0. The van der Waals surface area contributed by atoms with Crippen LogP contribution in [0.5, 0.6) is 0 Å². The highest BCUT2D eigenvalue weighted by molar-refractivity contribution is 4.85. The molecule has 3 atom stereocenters. The second-order valence-corrected chi connectivity index (χ2v) is 5.18. The molecule has 0 saturated carbocycles. The largest absolute Gasteiger partial charge is 0.381 e. The maximum absolute atomic E-state index is 5.98. The molecule has 2 fully saturated rings. The molecule has 2 N–H and O–H groups in total. The van der Waals surface area contributed by atoms with Crippen LogP contribution in [0.4, 0.5) is 0 Å². The zero-order valence-electron chi connectivity index (χ0n) is 10.9. The lowest BCUT2D eigenvalue weighted by Gasteiger charge is -2.42. The van der Waals surface area contributed by atoms with Crippen LogP contribution in [0.2, 0.25) is 0 Å². The molecule has 0 aromatic rings. The van der Waals surface area contributed by atoms with E-state index in [4.69, 9.17) is 15.2 Å². The molecule has 4 nitrogen and oxygen atoms in total. The molecule has 0 spiro atoms. The Morgan fingerprint density at radius 1 is 1.41 bits per heavy atom. The highest BCUT2D eigenvalue weighted by Crippen LogP contribution is 2.23. The zero-order chi connectivity index (χ0) is 12.1. The third-order valence-electron chi connectivity index (χ3n) is 4.08. The van der Waals surface area contributed by atoms with Crippen LogP contribution >= 0.6 is 0 Å². The van der Waals surface area contributed by atoms with Gasteiger partial charge in [0.25, 0.3) is 0 Å². The van der Waals surface area contributed by atoms with Crippen molar-refractivity contribution in [3.63, 3.8) is 0 Å². The van der Waals surface area contributed by atoms with Gasteiger partial charge in [-0.2, -0.15) is 0 Å². The van der Waals surface area contributed by atoms with Crippen molar-refractivity contribution in [3.8, 4) is 0 Å². The molecule has 0 aliphatic carbocycles. The van der Waals surface area contributed by atoms with Crippen molar-refractivity contribution in [2.45, 2.75) is 38.3 Å².